The van der Waals surface area contributed by atoms with Crippen LogP contribution in [0.4, 0.5) is 0 Å². The molecule has 0 aliphatic heterocycles. The molecule has 0 radical (unpaired) electrons. The van der Waals surface area contributed by atoms with Gasteiger partial charge in [0.25, 0.3) is 0 Å². The number of Topliss-reactive ketones (excluding diaryl/α,β-unsaturated/α-hetero) is 1. The van der Waals surface area contributed by atoms with Crippen LogP contribution in [0.5, 0.6) is 0 Å². The maximum absolute atomic E-state index is 12.4. The number of hydrogen-bond acceptors (Lipinski definition) is 3. The fourth-order valence-corrected chi connectivity index (χ4v) is 3.13. The first-order valence-corrected chi connectivity index (χ1v) is 10.3. The van der Waals surface area contributed by atoms with E-state index in [0.717, 1.165) is 19.3 Å². The van der Waals surface area contributed by atoms with Gasteiger partial charge in [-0.15, -0.1) is 0 Å². The Labute approximate surface area is 169 Å². The van der Waals surface area contributed by atoms with Crippen molar-refractivity contribution in [1.82, 2.24) is 10.6 Å². The number of nitrogens with one attached hydrogen (secondary N) is 2. The zero-order valence-corrected chi connectivity index (χ0v) is 18.2. The summed E-state index contributed by atoms with van der Waals surface area (Å²) >= 11 is 0. The summed E-state index contributed by atoms with van der Waals surface area (Å²) in [6.07, 6.45) is 3.09. The molecule has 2 atom stereocenters. The Balaban J connectivity index is 2.45. The molecule has 1 aromatic carbocycles. The lowest BCUT2D eigenvalue weighted by atomic mass is 9.99. The third kappa shape index (κ3) is 8.68. The van der Waals surface area contributed by atoms with E-state index in [-0.39, 0.29) is 23.5 Å². The van der Waals surface area contributed by atoms with E-state index in [1.54, 1.807) is 6.92 Å². The molecule has 0 aromatic heterocycles. The second kappa shape index (κ2) is 11.6. The van der Waals surface area contributed by atoms with Gasteiger partial charge in [0.15, 0.2) is 5.78 Å². The molecule has 0 heterocycles. The normalized spacial score (nSPS) is 13.3. The summed E-state index contributed by atoms with van der Waals surface area (Å²) in [7, 11) is 0. The summed E-state index contributed by atoms with van der Waals surface area (Å²) in [6.45, 7) is 11.2. The SMILES string of the molecule is CC(=O)NC(C(=O)NC(C)C(=O)CCCc1ccc(CC(C)C)cc1)C(C)C. The third-order valence-corrected chi connectivity index (χ3v) is 4.71. The second-order valence-corrected chi connectivity index (χ2v) is 8.39. The summed E-state index contributed by atoms with van der Waals surface area (Å²) in [5, 5.41) is 5.38. The Kier molecular flexibility index (Phi) is 9.91. The van der Waals surface area contributed by atoms with Crippen molar-refractivity contribution in [3.05, 3.63) is 35.4 Å². The first-order chi connectivity index (χ1) is 13.1. The maximum atomic E-state index is 12.4. The van der Waals surface area contributed by atoms with Crippen molar-refractivity contribution in [2.24, 2.45) is 11.8 Å². The summed E-state index contributed by atoms with van der Waals surface area (Å²) < 4.78 is 0. The summed E-state index contributed by atoms with van der Waals surface area (Å²) in [5.41, 5.74) is 2.56. The highest BCUT2D eigenvalue weighted by Crippen LogP contribution is 2.12. The van der Waals surface area contributed by atoms with Crippen LogP contribution >= 0.6 is 0 Å². The van der Waals surface area contributed by atoms with Gasteiger partial charge in [0, 0.05) is 13.3 Å². The number of benzene rings is 1. The molecule has 2 N–H and O–H groups in total. The molecule has 2 unspecified atom stereocenters. The second-order valence-electron chi connectivity index (χ2n) is 8.39. The number of aryl methyl sites for hydroxylation is 1. The third-order valence-electron chi connectivity index (χ3n) is 4.71. The van der Waals surface area contributed by atoms with Crippen LogP contribution in [0.15, 0.2) is 24.3 Å². The maximum Gasteiger partial charge on any atom is 0.243 e. The van der Waals surface area contributed by atoms with Crippen molar-refractivity contribution < 1.29 is 14.4 Å². The van der Waals surface area contributed by atoms with Crippen LogP contribution in [-0.4, -0.2) is 29.7 Å². The molecule has 0 aliphatic rings. The standard InChI is InChI=1S/C23H36N2O3/c1-15(2)14-20-12-10-19(11-13-20)8-7-9-21(27)17(5)24-23(28)22(16(3)4)25-18(6)26/h10-13,15-17,22H,7-9,14H2,1-6H3,(H,24,28)(H,25,26). The van der Waals surface area contributed by atoms with Gasteiger partial charge in [0.1, 0.15) is 6.04 Å². The molecule has 0 spiro atoms. The summed E-state index contributed by atoms with van der Waals surface area (Å²) in [5.74, 6) is 0.0279. The zero-order chi connectivity index (χ0) is 21.3. The molecular weight excluding hydrogens is 352 g/mol. The Bertz CT molecular complexity index is 650. The fourth-order valence-electron chi connectivity index (χ4n) is 3.13. The summed E-state index contributed by atoms with van der Waals surface area (Å²) in [6, 6.07) is 7.40. The minimum absolute atomic E-state index is 0.00936. The number of carbonyl (C=O) groups excluding carboxylic acids is 3. The van der Waals surface area contributed by atoms with Crippen LogP contribution in [0.25, 0.3) is 0 Å². The quantitative estimate of drug-likeness (QED) is 0.610. The minimum atomic E-state index is -0.628. The summed E-state index contributed by atoms with van der Waals surface area (Å²) in [4.78, 5) is 36.0. The molecule has 5 nitrogen and oxygen atoms in total. The first kappa shape index (κ1) is 23.9. The lowest BCUT2D eigenvalue weighted by molar-refractivity contribution is -0.131. The van der Waals surface area contributed by atoms with Crippen molar-refractivity contribution in [2.45, 2.75) is 79.3 Å². The number of amides is 2. The van der Waals surface area contributed by atoms with Gasteiger partial charge in [-0.2, -0.15) is 0 Å². The molecule has 0 bridgehead atoms. The Morgan fingerprint density at radius 2 is 1.46 bits per heavy atom. The van der Waals surface area contributed by atoms with E-state index in [9.17, 15) is 14.4 Å². The Morgan fingerprint density at radius 1 is 0.893 bits per heavy atom. The van der Waals surface area contributed by atoms with Crippen LogP contribution in [0, 0.1) is 11.8 Å². The predicted molar refractivity (Wildman–Crippen MR) is 113 cm³/mol. The van der Waals surface area contributed by atoms with E-state index in [0.29, 0.717) is 12.3 Å². The van der Waals surface area contributed by atoms with E-state index in [2.05, 4.69) is 48.7 Å². The molecule has 0 saturated carbocycles. The number of carbonyl (C=O) groups is 3. The topological polar surface area (TPSA) is 75.3 Å². The monoisotopic (exact) mass is 388 g/mol. The molecule has 1 aromatic rings. The van der Waals surface area contributed by atoms with Gasteiger partial charge < -0.3 is 10.6 Å². The lowest BCUT2D eigenvalue weighted by Crippen LogP contribution is -2.52. The Hall–Kier alpha value is -2.17. The molecule has 0 saturated heterocycles. The molecular formula is C23H36N2O3. The van der Waals surface area contributed by atoms with Crippen LogP contribution < -0.4 is 10.6 Å². The number of ketones is 1. The van der Waals surface area contributed by atoms with Crippen molar-refractivity contribution in [3.63, 3.8) is 0 Å². The highest BCUT2D eigenvalue weighted by atomic mass is 16.2. The molecule has 0 fully saturated rings. The van der Waals surface area contributed by atoms with Gasteiger partial charge >= 0.3 is 0 Å². The van der Waals surface area contributed by atoms with E-state index >= 15 is 0 Å². The van der Waals surface area contributed by atoms with Gasteiger partial charge in [-0.1, -0.05) is 52.0 Å². The van der Waals surface area contributed by atoms with Gasteiger partial charge in [-0.25, -0.2) is 0 Å². The minimum Gasteiger partial charge on any atom is -0.345 e. The number of hydrogen-bond donors (Lipinski definition) is 2. The van der Waals surface area contributed by atoms with Crippen LogP contribution in [0.3, 0.4) is 0 Å². The zero-order valence-electron chi connectivity index (χ0n) is 18.2. The van der Waals surface area contributed by atoms with E-state index in [1.807, 2.05) is 13.8 Å². The largest absolute Gasteiger partial charge is 0.345 e. The average molecular weight is 389 g/mol. The van der Waals surface area contributed by atoms with Crippen molar-refractivity contribution in [2.75, 3.05) is 0 Å². The van der Waals surface area contributed by atoms with Crippen molar-refractivity contribution in [1.29, 1.82) is 0 Å². The highest BCUT2D eigenvalue weighted by molar-refractivity contribution is 5.92. The molecule has 5 heteroatoms. The van der Waals surface area contributed by atoms with Crippen molar-refractivity contribution >= 4 is 17.6 Å². The van der Waals surface area contributed by atoms with E-state index < -0.39 is 12.1 Å². The lowest BCUT2D eigenvalue weighted by Gasteiger charge is -2.23. The fraction of sp³-hybridized carbons (Fsp3) is 0.609. The van der Waals surface area contributed by atoms with Gasteiger partial charge in [0.2, 0.25) is 11.8 Å². The van der Waals surface area contributed by atoms with Gasteiger partial charge in [0.05, 0.1) is 6.04 Å². The van der Waals surface area contributed by atoms with Crippen LogP contribution in [0.1, 0.15) is 65.5 Å². The van der Waals surface area contributed by atoms with Crippen LogP contribution in [0.2, 0.25) is 0 Å². The van der Waals surface area contributed by atoms with Gasteiger partial charge in [-0.3, -0.25) is 14.4 Å². The number of rotatable bonds is 11. The molecule has 2 amide bonds. The van der Waals surface area contributed by atoms with E-state index in [1.165, 1.54) is 18.1 Å². The average Bonchev–Trinajstić information content (AvgIpc) is 2.60. The smallest absolute Gasteiger partial charge is 0.243 e. The van der Waals surface area contributed by atoms with Crippen LogP contribution in [-0.2, 0) is 27.2 Å². The molecule has 28 heavy (non-hydrogen) atoms. The molecule has 156 valence electrons. The molecule has 1 rings (SSSR count). The first-order valence-electron chi connectivity index (χ1n) is 10.3. The van der Waals surface area contributed by atoms with Gasteiger partial charge in [-0.05, 0) is 49.1 Å². The molecule has 0 aliphatic carbocycles. The Morgan fingerprint density at radius 3 is 1.96 bits per heavy atom. The van der Waals surface area contributed by atoms with Crippen molar-refractivity contribution in [3.8, 4) is 0 Å². The van der Waals surface area contributed by atoms with E-state index in [4.69, 9.17) is 0 Å². The highest BCUT2D eigenvalue weighted by Gasteiger charge is 2.25. The predicted octanol–water partition coefficient (Wildman–Crippen LogP) is 3.44.